The van der Waals surface area contributed by atoms with Gasteiger partial charge in [0.05, 0.1) is 23.6 Å². The molecule has 0 bridgehead atoms. The van der Waals surface area contributed by atoms with Gasteiger partial charge in [0.2, 0.25) is 0 Å². The monoisotopic (exact) mass is 378 g/mol. The van der Waals surface area contributed by atoms with Crippen LogP contribution in [0.3, 0.4) is 0 Å². The van der Waals surface area contributed by atoms with Crippen LogP contribution in [0, 0.1) is 6.92 Å². The van der Waals surface area contributed by atoms with E-state index >= 15 is 0 Å². The second-order valence-electron chi connectivity index (χ2n) is 7.78. The van der Waals surface area contributed by atoms with E-state index in [0.717, 1.165) is 61.4 Å². The minimum Gasteiger partial charge on any atom is -0.381 e. The number of aromatic nitrogens is 3. The molecule has 1 aromatic carbocycles. The van der Waals surface area contributed by atoms with E-state index in [1.165, 1.54) is 11.1 Å². The highest BCUT2D eigenvalue weighted by Crippen LogP contribution is 2.36. The fourth-order valence-electron chi connectivity index (χ4n) is 4.44. The maximum Gasteiger partial charge on any atom is 0.143 e. The smallest absolute Gasteiger partial charge is 0.143 e. The van der Waals surface area contributed by atoms with Gasteiger partial charge in [0.1, 0.15) is 17.8 Å². The molecule has 1 aliphatic carbocycles. The number of aryl methyl sites for hydroxylation is 2. The molecule has 1 fully saturated rings. The van der Waals surface area contributed by atoms with Crippen molar-refractivity contribution < 1.29 is 9.47 Å². The molecule has 6 nitrogen and oxygen atoms in total. The Bertz CT molecular complexity index is 964. The third-order valence-electron chi connectivity index (χ3n) is 5.85. The third kappa shape index (κ3) is 3.38. The first-order valence-electron chi connectivity index (χ1n) is 10.2. The lowest BCUT2D eigenvalue weighted by molar-refractivity contribution is -0.0781. The first-order valence-corrected chi connectivity index (χ1v) is 10.2. The molecule has 1 aliphatic heterocycles. The Hall–Kier alpha value is -2.44. The summed E-state index contributed by atoms with van der Waals surface area (Å²) in [6, 6.07) is 10.8. The van der Waals surface area contributed by atoms with Crippen LogP contribution in [0.2, 0.25) is 0 Å². The lowest BCUT2D eigenvalue weighted by atomic mass is 9.85. The molecule has 28 heavy (non-hydrogen) atoms. The van der Waals surface area contributed by atoms with Gasteiger partial charge >= 0.3 is 0 Å². The van der Waals surface area contributed by atoms with Crippen molar-refractivity contribution in [3.05, 3.63) is 53.5 Å². The zero-order valence-corrected chi connectivity index (χ0v) is 16.1. The number of anilines is 1. The van der Waals surface area contributed by atoms with Crippen LogP contribution in [0.25, 0.3) is 11.0 Å². The molecule has 0 spiro atoms. The van der Waals surface area contributed by atoms with Crippen molar-refractivity contribution in [3.8, 4) is 0 Å². The van der Waals surface area contributed by atoms with Crippen LogP contribution in [0.5, 0.6) is 0 Å². The Morgan fingerprint density at radius 2 is 2.00 bits per heavy atom. The normalized spacial score (nSPS) is 22.9. The molecule has 5 rings (SSSR count). The fraction of sp³-hybridized carbons (Fsp3) is 0.455. The number of hydrogen-bond donors (Lipinski definition) is 2. The molecule has 3 heterocycles. The van der Waals surface area contributed by atoms with E-state index in [-0.39, 0.29) is 18.2 Å². The van der Waals surface area contributed by atoms with E-state index < -0.39 is 0 Å². The van der Waals surface area contributed by atoms with Crippen LogP contribution in [0.4, 0.5) is 5.82 Å². The highest BCUT2D eigenvalue weighted by molar-refractivity contribution is 5.87. The highest BCUT2D eigenvalue weighted by Gasteiger charge is 2.33. The Morgan fingerprint density at radius 3 is 2.89 bits per heavy atom. The van der Waals surface area contributed by atoms with Crippen molar-refractivity contribution >= 4 is 16.9 Å². The maximum absolute atomic E-state index is 6.60. The second kappa shape index (κ2) is 7.53. The molecule has 146 valence electrons. The number of aromatic amines is 1. The van der Waals surface area contributed by atoms with Crippen LogP contribution in [0.15, 0.2) is 36.7 Å². The Balaban J connectivity index is 1.48. The summed E-state index contributed by atoms with van der Waals surface area (Å²) >= 11 is 0. The average Bonchev–Trinajstić information content (AvgIpc) is 3.11. The first kappa shape index (κ1) is 17.6. The lowest BCUT2D eigenvalue weighted by Gasteiger charge is -2.37. The Kier molecular flexibility index (Phi) is 4.74. The van der Waals surface area contributed by atoms with Crippen molar-refractivity contribution in [2.45, 2.75) is 50.9 Å². The predicted octanol–water partition coefficient (Wildman–Crippen LogP) is 3.93. The van der Waals surface area contributed by atoms with E-state index in [4.69, 9.17) is 9.47 Å². The minimum atomic E-state index is 0.0705. The van der Waals surface area contributed by atoms with Crippen molar-refractivity contribution in [1.82, 2.24) is 15.0 Å². The van der Waals surface area contributed by atoms with E-state index in [9.17, 15) is 0 Å². The first-order chi connectivity index (χ1) is 13.8. The van der Waals surface area contributed by atoms with Crippen molar-refractivity contribution in [2.24, 2.45) is 0 Å². The van der Waals surface area contributed by atoms with Crippen molar-refractivity contribution in [3.63, 3.8) is 0 Å². The summed E-state index contributed by atoms with van der Waals surface area (Å²) in [7, 11) is 0. The van der Waals surface area contributed by atoms with Crippen LogP contribution < -0.4 is 5.32 Å². The van der Waals surface area contributed by atoms with Crippen LogP contribution in [-0.4, -0.2) is 40.4 Å². The second-order valence-corrected chi connectivity index (χ2v) is 7.78. The summed E-state index contributed by atoms with van der Waals surface area (Å²) in [5.74, 6) is 0.858. The Labute approximate surface area is 164 Å². The number of rotatable bonds is 4. The van der Waals surface area contributed by atoms with Crippen molar-refractivity contribution in [2.75, 3.05) is 18.5 Å². The largest absolute Gasteiger partial charge is 0.381 e. The summed E-state index contributed by atoms with van der Waals surface area (Å²) in [5, 5.41) is 4.73. The average molecular weight is 378 g/mol. The number of hydrogen-bond acceptors (Lipinski definition) is 5. The summed E-state index contributed by atoms with van der Waals surface area (Å²) in [6.07, 6.45) is 6.00. The summed E-state index contributed by atoms with van der Waals surface area (Å²) in [5.41, 5.74) is 4.64. The number of ether oxygens (including phenoxy) is 2. The standard InChI is InChI=1S/C22H26N4O2/c1-14-12-18-21(25-14)23-13-24-22(18)26-20-17-5-3-2-4-15(17)6-7-19(20)28-16-8-10-27-11-9-16/h2-5,12-13,16,19-20H,6-11H2,1H3,(H2,23,24,25,26). The maximum atomic E-state index is 6.60. The molecule has 1 saturated heterocycles. The summed E-state index contributed by atoms with van der Waals surface area (Å²) in [4.78, 5) is 12.2. The van der Waals surface area contributed by atoms with Gasteiger partial charge in [0.15, 0.2) is 0 Å². The van der Waals surface area contributed by atoms with Gasteiger partial charge in [-0.15, -0.1) is 0 Å². The summed E-state index contributed by atoms with van der Waals surface area (Å²) < 4.78 is 12.1. The van der Waals surface area contributed by atoms with E-state index in [1.807, 2.05) is 6.92 Å². The van der Waals surface area contributed by atoms with Gasteiger partial charge in [0.25, 0.3) is 0 Å². The number of fused-ring (bicyclic) bond motifs is 2. The van der Waals surface area contributed by atoms with Crippen molar-refractivity contribution in [1.29, 1.82) is 0 Å². The molecule has 0 radical (unpaired) electrons. The van der Waals surface area contributed by atoms with Gasteiger partial charge in [-0.25, -0.2) is 9.97 Å². The molecule has 2 atom stereocenters. The molecule has 2 aromatic heterocycles. The molecule has 3 aromatic rings. The number of nitrogens with one attached hydrogen (secondary N) is 2. The third-order valence-corrected chi connectivity index (χ3v) is 5.85. The molecule has 0 saturated carbocycles. The highest BCUT2D eigenvalue weighted by atomic mass is 16.5. The SMILES string of the molecule is Cc1cc2c(NC3c4ccccc4CCC3OC3CCOCC3)ncnc2[nH]1. The molecule has 2 N–H and O–H groups in total. The summed E-state index contributed by atoms with van der Waals surface area (Å²) in [6.45, 7) is 3.63. The predicted molar refractivity (Wildman–Crippen MR) is 108 cm³/mol. The molecule has 2 unspecified atom stereocenters. The fourth-order valence-corrected chi connectivity index (χ4v) is 4.44. The van der Waals surface area contributed by atoms with Gasteiger partial charge < -0.3 is 19.8 Å². The molecule has 0 amide bonds. The van der Waals surface area contributed by atoms with E-state index in [1.54, 1.807) is 6.33 Å². The van der Waals surface area contributed by atoms with Crippen LogP contribution in [0.1, 0.15) is 42.1 Å². The zero-order chi connectivity index (χ0) is 18.9. The van der Waals surface area contributed by atoms with Gasteiger partial charge in [-0.3, -0.25) is 0 Å². The van der Waals surface area contributed by atoms with Gasteiger partial charge in [0, 0.05) is 18.9 Å². The molecular weight excluding hydrogens is 352 g/mol. The quantitative estimate of drug-likeness (QED) is 0.720. The molecular formula is C22H26N4O2. The van der Waals surface area contributed by atoms with Crippen LogP contribution in [-0.2, 0) is 15.9 Å². The van der Waals surface area contributed by atoms with Gasteiger partial charge in [-0.1, -0.05) is 24.3 Å². The van der Waals surface area contributed by atoms with E-state index in [2.05, 4.69) is 50.6 Å². The van der Waals surface area contributed by atoms with Gasteiger partial charge in [-0.05, 0) is 49.8 Å². The lowest BCUT2D eigenvalue weighted by Crippen LogP contribution is -2.37. The minimum absolute atomic E-state index is 0.0705. The molecule has 2 aliphatic rings. The topological polar surface area (TPSA) is 72.1 Å². The number of benzene rings is 1. The van der Waals surface area contributed by atoms with E-state index in [0.29, 0.717) is 0 Å². The van der Waals surface area contributed by atoms with Gasteiger partial charge in [-0.2, -0.15) is 0 Å². The zero-order valence-electron chi connectivity index (χ0n) is 16.1. The number of H-pyrrole nitrogens is 1. The van der Waals surface area contributed by atoms with Crippen LogP contribution >= 0.6 is 0 Å². The number of nitrogens with zero attached hydrogens (tertiary/aromatic N) is 2. The molecule has 6 heteroatoms. The Morgan fingerprint density at radius 1 is 1.14 bits per heavy atom.